The molecule has 1 aliphatic heterocycles. The van der Waals surface area contributed by atoms with Gasteiger partial charge in [-0.05, 0) is 31.0 Å². The van der Waals surface area contributed by atoms with Gasteiger partial charge >= 0.3 is 0 Å². The van der Waals surface area contributed by atoms with E-state index < -0.39 is 0 Å². The van der Waals surface area contributed by atoms with Crippen LogP contribution in [0.2, 0.25) is 5.02 Å². The van der Waals surface area contributed by atoms with Crippen molar-refractivity contribution >= 4 is 33.4 Å². The summed E-state index contributed by atoms with van der Waals surface area (Å²) in [6.45, 7) is 0.705. The van der Waals surface area contributed by atoms with Crippen LogP contribution in [0.4, 0.5) is 0 Å². The predicted octanol–water partition coefficient (Wildman–Crippen LogP) is 2.70. The molecule has 1 fully saturated rings. The van der Waals surface area contributed by atoms with Gasteiger partial charge in [-0.15, -0.1) is 0 Å². The molecule has 0 aliphatic carbocycles. The van der Waals surface area contributed by atoms with Crippen LogP contribution < -0.4 is 0 Å². The lowest BCUT2D eigenvalue weighted by atomic mass is 10.1. The highest BCUT2D eigenvalue weighted by Crippen LogP contribution is 2.26. The topological polar surface area (TPSA) is 40.5 Å². The number of aliphatic hydroxyl groups excluding tert-OH is 1. The van der Waals surface area contributed by atoms with E-state index in [4.69, 9.17) is 11.6 Å². The standard InChI is InChI=1S/C12H13BrClNO2/c13-8-3-4-10(11(14)6-8)12(17)15-5-1-2-9(15)7-16/h3-4,6,9,16H,1-2,5,7H2/t9-/m0/s1. The normalized spacial score (nSPS) is 19.7. The Morgan fingerprint density at radius 3 is 3.00 bits per heavy atom. The van der Waals surface area contributed by atoms with Crippen molar-refractivity contribution in [1.29, 1.82) is 0 Å². The molecule has 92 valence electrons. The maximum atomic E-state index is 12.3. The number of hydrogen-bond donors (Lipinski definition) is 1. The van der Waals surface area contributed by atoms with E-state index in [2.05, 4.69) is 15.9 Å². The number of carbonyl (C=O) groups excluding carboxylic acids is 1. The Bertz CT molecular complexity index is 439. The summed E-state index contributed by atoms with van der Waals surface area (Å²) in [5.74, 6) is -0.0981. The van der Waals surface area contributed by atoms with Gasteiger partial charge in [0.2, 0.25) is 0 Å². The fourth-order valence-electron chi connectivity index (χ4n) is 2.11. The summed E-state index contributed by atoms with van der Waals surface area (Å²) >= 11 is 9.36. The average molecular weight is 319 g/mol. The summed E-state index contributed by atoms with van der Waals surface area (Å²) in [6, 6.07) is 5.14. The number of benzene rings is 1. The highest BCUT2D eigenvalue weighted by Gasteiger charge is 2.29. The smallest absolute Gasteiger partial charge is 0.255 e. The Kier molecular flexibility index (Phi) is 4.07. The number of amides is 1. The van der Waals surface area contributed by atoms with E-state index in [0.717, 1.165) is 17.3 Å². The predicted molar refractivity (Wildman–Crippen MR) is 70.3 cm³/mol. The number of carbonyl (C=O) groups is 1. The van der Waals surface area contributed by atoms with E-state index in [1.54, 1.807) is 23.1 Å². The van der Waals surface area contributed by atoms with E-state index >= 15 is 0 Å². The van der Waals surface area contributed by atoms with Gasteiger partial charge in [0.05, 0.1) is 23.2 Å². The zero-order chi connectivity index (χ0) is 12.4. The molecule has 1 aliphatic rings. The first-order chi connectivity index (χ1) is 8.13. The molecule has 1 heterocycles. The molecule has 1 saturated heterocycles. The first kappa shape index (κ1) is 12.9. The van der Waals surface area contributed by atoms with Crippen molar-refractivity contribution in [1.82, 2.24) is 4.90 Å². The van der Waals surface area contributed by atoms with E-state index in [0.29, 0.717) is 17.1 Å². The maximum absolute atomic E-state index is 12.3. The zero-order valence-corrected chi connectivity index (χ0v) is 11.5. The molecule has 2 rings (SSSR count). The van der Waals surface area contributed by atoms with Crippen LogP contribution in [0.5, 0.6) is 0 Å². The molecule has 1 atom stereocenters. The van der Waals surface area contributed by atoms with E-state index in [1.165, 1.54) is 0 Å². The van der Waals surface area contributed by atoms with Crippen molar-refractivity contribution in [3.8, 4) is 0 Å². The molecule has 0 saturated carbocycles. The summed E-state index contributed by atoms with van der Waals surface area (Å²) in [5, 5.41) is 9.65. The minimum absolute atomic E-state index is 0.0138. The van der Waals surface area contributed by atoms with Crippen LogP contribution in [0.1, 0.15) is 23.2 Å². The molecule has 3 nitrogen and oxygen atoms in total. The van der Waals surface area contributed by atoms with Crippen LogP contribution in [-0.4, -0.2) is 35.1 Å². The second kappa shape index (κ2) is 5.38. The van der Waals surface area contributed by atoms with Gasteiger partial charge < -0.3 is 10.0 Å². The molecule has 5 heteroatoms. The minimum Gasteiger partial charge on any atom is -0.394 e. The van der Waals surface area contributed by atoms with Gasteiger partial charge in [-0.3, -0.25) is 4.79 Å². The van der Waals surface area contributed by atoms with Crippen LogP contribution in [0, 0.1) is 0 Å². The quantitative estimate of drug-likeness (QED) is 0.911. The summed E-state index contributed by atoms with van der Waals surface area (Å²) in [5.41, 5.74) is 0.496. The van der Waals surface area contributed by atoms with E-state index in [-0.39, 0.29) is 18.6 Å². The average Bonchev–Trinajstić information content (AvgIpc) is 2.76. The lowest BCUT2D eigenvalue weighted by Crippen LogP contribution is -2.37. The highest BCUT2D eigenvalue weighted by molar-refractivity contribution is 9.10. The number of aliphatic hydroxyl groups is 1. The maximum Gasteiger partial charge on any atom is 0.255 e. The summed E-state index contributed by atoms with van der Waals surface area (Å²) < 4.78 is 0.846. The first-order valence-corrected chi connectivity index (χ1v) is 6.67. The van der Waals surface area contributed by atoms with Crippen LogP contribution in [0.25, 0.3) is 0 Å². The van der Waals surface area contributed by atoms with Crippen molar-refractivity contribution in [3.63, 3.8) is 0 Å². The molecule has 0 aromatic heterocycles. The molecule has 0 bridgehead atoms. The fourth-order valence-corrected chi connectivity index (χ4v) is 2.86. The Labute approximate surface area is 114 Å². The van der Waals surface area contributed by atoms with Crippen molar-refractivity contribution < 1.29 is 9.90 Å². The molecule has 1 N–H and O–H groups in total. The van der Waals surface area contributed by atoms with Gasteiger partial charge in [0, 0.05) is 11.0 Å². The van der Waals surface area contributed by atoms with Crippen molar-refractivity contribution in [2.45, 2.75) is 18.9 Å². The minimum atomic E-state index is -0.0981. The van der Waals surface area contributed by atoms with Crippen molar-refractivity contribution in [2.75, 3.05) is 13.2 Å². The third kappa shape index (κ3) is 2.64. The number of likely N-dealkylation sites (tertiary alicyclic amines) is 1. The zero-order valence-electron chi connectivity index (χ0n) is 9.20. The van der Waals surface area contributed by atoms with Crippen molar-refractivity contribution in [3.05, 3.63) is 33.3 Å². The Morgan fingerprint density at radius 1 is 1.59 bits per heavy atom. The largest absolute Gasteiger partial charge is 0.394 e. The summed E-state index contributed by atoms with van der Waals surface area (Å²) in [4.78, 5) is 14.0. The molecule has 1 amide bonds. The van der Waals surface area contributed by atoms with Gasteiger partial charge in [-0.1, -0.05) is 27.5 Å². The van der Waals surface area contributed by atoms with Crippen LogP contribution in [0.3, 0.4) is 0 Å². The first-order valence-electron chi connectivity index (χ1n) is 5.50. The molecule has 17 heavy (non-hydrogen) atoms. The number of halogens is 2. The van der Waals surface area contributed by atoms with Crippen LogP contribution >= 0.6 is 27.5 Å². The van der Waals surface area contributed by atoms with E-state index in [1.807, 2.05) is 0 Å². The van der Waals surface area contributed by atoms with Crippen LogP contribution in [0.15, 0.2) is 22.7 Å². The number of nitrogens with zero attached hydrogens (tertiary/aromatic N) is 1. The SMILES string of the molecule is O=C(c1ccc(Br)cc1Cl)N1CCC[C@H]1CO. The monoisotopic (exact) mass is 317 g/mol. The summed E-state index contributed by atoms with van der Waals surface area (Å²) in [7, 11) is 0. The lowest BCUT2D eigenvalue weighted by Gasteiger charge is -2.23. The lowest BCUT2D eigenvalue weighted by molar-refractivity contribution is 0.0678. The number of hydrogen-bond acceptors (Lipinski definition) is 2. The Hall–Kier alpha value is -0.580. The van der Waals surface area contributed by atoms with Crippen molar-refractivity contribution in [2.24, 2.45) is 0 Å². The molecule has 1 aromatic rings. The van der Waals surface area contributed by atoms with Gasteiger partial charge in [0.1, 0.15) is 0 Å². The fraction of sp³-hybridized carbons (Fsp3) is 0.417. The third-order valence-corrected chi connectivity index (χ3v) is 3.82. The van der Waals surface area contributed by atoms with Gasteiger partial charge in [-0.25, -0.2) is 0 Å². The molecule has 0 spiro atoms. The third-order valence-electron chi connectivity index (χ3n) is 3.01. The number of rotatable bonds is 2. The van der Waals surface area contributed by atoms with Gasteiger partial charge in [0.25, 0.3) is 5.91 Å². The molecule has 1 aromatic carbocycles. The molecule has 0 radical (unpaired) electrons. The van der Waals surface area contributed by atoms with E-state index in [9.17, 15) is 9.90 Å². The van der Waals surface area contributed by atoms with Crippen LogP contribution in [-0.2, 0) is 0 Å². The second-order valence-electron chi connectivity index (χ2n) is 4.10. The second-order valence-corrected chi connectivity index (χ2v) is 5.42. The highest BCUT2D eigenvalue weighted by atomic mass is 79.9. The summed E-state index contributed by atoms with van der Waals surface area (Å²) in [6.07, 6.45) is 1.79. The molecular weight excluding hydrogens is 305 g/mol. The van der Waals surface area contributed by atoms with Gasteiger partial charge in [-0.2, -0.15) is 0 Å². The Morgan fingerprint density at radius 2 is 2.35 bits per heavy atom. The van der Waals surface area contributed by atoms with Gasteiger partial charge in [0.15, 0.2) is 0 Å². The molecular formula is C12H13BrClNO2. The molecule has 0 unspecified atom stereocenters. The Balaban J connectivity index is 2.24.